The first-order valence-electron chi connectivity index (χ1n) is 10.6. The highest BCUT2D eigenvalue weighted by molar-refractivity contribution is 5.79. The molecule has 1 N–H and O–H groups in total. The fourth-order valence-corrected chi connectivity index (χ4v) is 4.02. The Hall–Kier alpha value is -3.03. The van der Waals surface area contributed by atoms with Crippen LogP contribution in [0.3, 0.4) is 0 Å². The van der Waals surface area contributed by atoms with Crippen LogP contribution in [-0.2, 0) is 4.79 Å². The van der Waals surface area contributed by atoms with Gasteiger partial charge in [-0.15, -0.1) is 15.3 Å². The fourth-order valence-electron chi connectivity index (χ4n) is 4.02. The third-order valence-corrected chi connectivity index (χ3v) is 5.59. The van der Waals surface area contributed by atoms with E-state index >= 15 is 0 Å². The minimum absolute atomic E-state index is 0.0671. The quantitative estimate of drug-likeness (QED) is 0.674. The summed E-state index contributed by atoms with van der Waals surface area (Å²) in [5.41, 5.74) is 0.909. The number of hydrogen-bond acceptors (Lipinski definition) is 5. The smallest absolute Gasteiger partial charge is 0.225 e. The summed E-state index contributed by atoms with van der Waals surface area (Å²) >= 11 is 0. The van der Waals surface area contributed by atoms with E-state index in [0.29, 0.717) is 23.6 Å². The standard InChI is InChI=1S/C22H27FN6O/c1-3-7-15(2)24-22(30)16-8-6-13-28(14-16)20-12-11-19-25-26-21(29(19)27-20)17-9-4-5-10-18(17)23/h4-5,9-12,15-16H,3,6-8,13-14H2,1-2H3,(H,24,30). The molecule has 0 saturated carbocycles. The molecule has 4 rings (SSSR count). The fraction of sp³-hybridized carbons (Fsp3) is 0.455. The first-order chi connectivity index (χ1) is 14.6. The first kappa shape index (κ1) is 20.3. The molecule has 1 fully saturated rings. The predicted octanol–water partition coefficient (Wildman–Crippen LogP) is 3.45. The summed E-state index contributed by atoms with van der Waals surface area (Å²) in [6.07, 6.45) is 3.82. The normalized spacial score (nSPS) is 17.8. The van der Waals surface area contributed by atoms with Crippen molar-refractivity contribution in [3.63, 3.8) is 0 Å². The number of benzene rings is 1. The van der Waals surface area contributed by atoms with Crippen LogP contribution < -0.4 is 10.2 Å². The summed E-state index contributed by atoms with van der Waals surface area (Å²) in [6.45, 7) is 5.60. The number of nitrogens with one attached hydrogen (secondary N) is 1. The molecule has 30 heavy (non-hydrogen) atoms. The van der Waals surface area contributed by atoms with Crippen LogP contribution in [0.1, 0.15) is 39.5 Å². The molecule has 1 aliphatic heterocycles. The van der Waals surface area contributed by atoms with Gasteiger partial charge in [0.05, 0.1) is 11.5 Å². The van der Waals surface area contributed by atoms with E-state index in [0.717, 1.165) is 38.0 Å². The Kier molecular flexibility index (Phi) is 5.92. The van der Waals surface area contributed by atoms with Crippen molar-refractivity contribution in [3.05, 3.63) is 42.2 Å². The lowest BCUT2D eigenvalue weighted by Gasteiger charge is -2.33. The van der Waals surface area contributed by atoms with Crippen LogP contribution in [0.5, 0.6) is 0 Å². The van der Waals surface area contributed by atoms with E-state index in [1.807, 2.05) is 19.1 Å². The van der Waals surface area contributed by atoms with Crippen LogP contribution in [0.15, 0.2) is 36.4 Å². The Bertz CT molecular complexity index is 1040. The van der Waals surface area contributed by atoms with Crippen LogP contribution in [0.25, 0.3) is 17.0 Å². The van der Waals surface area contributed by atoms with Gasteiger partial charge in [0.15, 0.2) is 11.5 Å². The number of carbonyl (C=O) groups excluding carboxylic acids is 1. The average molecular weight is 410 g/mol. The lowest BCUT2D eigenvalue weighted by molar-refractivity contribution is -0.125. The lowest BCUT2D eigenvalue weighted by atomic mass is 9.96. The molecule has 0 bridgehead atoms. The minimum atomic E-state index is -0.366. The molecule has 2 aromatic heterocycles. The Morgan fingerprint density at radius 3 is 2.90 bits per heavy atom. The molecular formula is C22H27FN6O. The van der Waals surface area contributed by atoms with E-state index in [2.05, 4.69) is 32.4 Å². The van der Waals surface area contributed by atoms with Gasteiger partial charge in [0, 0.05) is 19.1 Å². The van der Waals surface area contributed by atoms with Crippen LogP contribution in [0.4, 0.5) is 10.2 Å². The van der Waals surface area contributed by atoms with Gasteiger partial charge >= 0.3 is 0 Å². The van der Waals surface area contributed by atoms with E-state index in [9.17, 15) is 9.18 Å². The number of anilines is 1. The summed E-state index contributed by atoms with van der Waals surface area (Å²) in [5, 5.41) is 16.1. The van der Waals surface area contributed by atoms with Crippen LogP contribution in [0, 0.1) is 11.7 Å². The monoisotopic (exact) mass is 410 g/mol. The number of amides is 1. The summed E-state index contributed by atoms with van der Waals surface area (Å²) in [5.74, 6) is 0.777. The predicted molar refractivity (Wildman–Crippen MR) is 114 cm³/mol. The summed E-state index contributed by atoms with van der Waals surface area (Å²) in [7, 11) is 0. The molecule has 1 aromatic carbocycles. The second kappa shape index (κ2) is 8.77. The number of halogens is 1. The molecule has 2 atom stereocenters. The zero-order valence-corrected chi connectivity index (χ0v) is 17.4. The molecule has 0 aliphatic carbocycles. The topological polar surface area (TPSA) is 75.4 Å². The van der Waals surface area contributed by atoms with Crippen LogP contribution in [0.2, 0.25) is 0 Å². The SMILES string of the molecule is CCCC(C)NC(=O)C1CCCN(c2ccc3nnc(-c4ccccc4F)n3n2)C1. The maximum atomic E-state index is 14.3. The van der Waals surface area contributed by atoms with E-state index < -0.39 is 0 Å². The van der Waals surface area contributed by atoms with Crippen molar-refractivity contribution in [2.75, 3.05) is 18.0 Å². The average Bonchev–Trinajstić information content (AvgIpc) is 3.17. The van der Waals surface area contributed by atoms with Crippen molar-refractivity contribution in [1.29, 1.82) is 0 Å². The number of rotatable bonds is 6. The van der Waals surface area contributed by atoms with Gasteiger partial charge in [0.1, 0.15) is 11.6 Å². The highest BCUT2D eigenvalue weighted by Crippen LogP contribution is 2.25. The van der Waals surface area contributed by atoms with Crippen molar-refractivity contribution in [2.24, 2.45) is 5.92 Å². The van der Waals surface area contributed by atoms with Crippen molar-refractivity contribution < 1.29 is 9.18 Å². The zero-order chi connectivity index (χ0) is 21.1. The first-order valence-corrected chi connectivity index (χ1v) is 10.6. The highest BCUT2D eigenvalue weighted by atomic mass is 19.1. The highest BCUT2D eigenvalue weighted by Gasteiger charge is 2.27. The van der Waals surface area contributed by atoms with Gasteiger partial charge in [0.2, 0.25) is 5.91 Å². The molecule has 1 aliphatic rings. The van der Waals surface area contributed by atoms with E-state index in [-0.39, 0.29) is 23.7 Å². The molecule has 158 valence electrons. The third kappa shape index (κ3) is 4.13. The minimum Gasteiger partial charge on any atom is -0.354 e. The molecule has 1 amide bonds. The van der Waals surface area contributed by atoms with Crippen LogP contribution in [-0.4, -0.2) is 44.8 Å². The van der Waals surface area contributed by atoms with E-state index in [4.69, 9.17) is 0 Å². The number of fused-ring (bicyclic) bond motifs is 1. The Morgan fingerprint density at radius 1 is 1.27 bits per heavy atom. The molecule has 0 radical (unpaired) electrons. The number of piperidine rings is 1. The molecule has 0 spiro atoms. The Morgan fingerprint density at radius 2 is 2.10 bits per heavy atom. The van der Waals surface area contributed by atoms with Crippen LogP contribution >= 0.6 is 0 Å². The molecule has 7 nitrogen and oxygen atoms in total. The van der Waals surface area contributed by atoms with Gasteiger partial charge in [-0.1, -0.05) is 25.5 Å². The van der Waals surface area contributed by atoms with Gasteiger partial charge in [0.25, 0.3) is 0 Å². The second-order valence-corrected chi connectivity index (χ2v) is 7.95. The molecule has 3 heterocycles. The number of carbonyl (C=O) groups is 1. The van der Waals surface area contributed by atoms with Gasteiger partial charge in [-0.3, -0.25) is 4.79 Å². The molecule has 3 aromatic rings. The lowest BCUT2D eigenvalue weighted by Crippen LogP contribution is -2.45. The largest absolute Gasteiger partial charge is 0.354 e. The third-order valence-electron chi connectivity index (χ3n) is 5.59. The maximum absolute atomic E-state index is 14.3. The van der Waals surface area contributed by atoms with E-state index in [1.54, 1.807) is 22.7 Å². The van der Waals surface area contributed by atoms with Crippen molar-refractivity contribution in [3.8, 4) is 11.4 Å². The maximum Gasteiger partial charge on any atom is 0.225 e. The number of aromatic nitrogens is 4. The molecule has 2 unspecified atom stereocenters. The summed E-state index contributed by atoms with van der Waals surface area (Å²) < 4.78 is 15.8. The van der Waals surface area contributed by atoms with Crippen molar-refractivity contribution >= 4 is 17.4 Å². The number of hydrogen-bond donors (Lipinski definition) is 1. The van der Waals surface area contributed by atoms with Gasteiger partial charge in [-0.25, -0.2) is 4.39 Å². The zero-order valence-electron chi connectivity index (χ0n) is 17.4. The Labute approximate surface area is 175 Å². The van der Waals surface area contributed by atoms with Crippen molar-refractivity contribution in [1.82, 2.24) is 25.1 Å². The molecule has 1 saturated heterocycles. The Balaban J connectivity index is 1.56. The summed E-state index contributed by atoms with van der Waals surface area (Å²) in [4.78, 5) is 14.8. The van der Waals surface area contributed by atoms with Gasteiger partial charge in [-0.05, 0) is 50.5 Å². The van der Waals surface area contributed by atoms with Crippen molar-refractivity contribution in [2.45, 2.75) is 45.6 Å². The molecule has 8 heteroatoms. The van der Waals surface area contributed by atoms with Gasteiger partial charge < -0.3 is 10.2 Å². The van der Waals surface area contributed by atoms with Gasteiger partial charge in [-0.2, -0.15) is 4.52 Å². The number of nitrogens with zero attached hydrogens (tertiary/aromatic N) is 5. The second-order valence-electron chi connectivity index (χ2n) is 7.95. The summed E-state index contributed by atoms with van der Waals surface area (Å²) in [6, 6.07) is 10.4. The van der Waals surface area contributed by atoms with E-state index in [1.165, 1.54) is 6.07 Å². The molecular weight excluding hydrogens is 383 g/mol.